The van der Waals surface area contributed by atoms with Crippen LogP contribution in [0.5, 0.6) is 0 Å². The molecule has 1 aromatic heterocycles. The molecular formula is C10H6ClF3N2O. The van der Waals surface area contributed by atoms with E-state index in [1.54, 1.807) is 0 Å². The summed E-state index contributed by atoms with van der Waals surface area (Å²) in [5.74, 6) is 3.94. The number of aromatic nitrogens is 1. The van der Waals surface area contributed by atoms with Crippen LogP contribution in [-0.2, 0) is 11.0 Å². The van der Waals surface area contributed by atoms with Crippen LogP contribution in [0.3, 0.4) is 0 Å². The van der Waals surface area contributed by atoms with Crippen molar-refractivity contribution in [3.63, 3.8) is 0 Å². The van der Waals surface area contributed by atoms with E-state index in [1.165, 1.54) is 0 Å². The van der Waals surface area contributed by atoms with E-state index in [9.17, 15) is 18.0 Å². The van der Waals surface area contributed by atoms with Gasteiger partial charge < -0.3 is 5.73 Å². The number of pyridine rings is 1. The van der Waals surface area contributed by atoms with Gasteiger partial charge in [0, 0.05) is 6.20 Å². The van der Waals surface area contributed by atoms with Gasteiger partial charge in [-0.2, -0.15) is 13.2 Å². The minimum Gasteiger partial charge on any atom is -0.369 e. The lowest BCUT2D eigenvalue weighted by Crippen LogP contribution is -2.08. The molecular weight excluding hydrogens is 257 g/mol. The van der Waals surface area contributed by atoms with Crippen molar-refractivity contribution >= 4 is 17.5 Å². The predicted octanol–water partition coefficient (Wildman–Crippen LogP) is 1.98. The molecule has 90 valence electrons. The number of halogens is 4. The van der Waals surface area contributed by atoms with Gasteiger partial charge in [-0.25, -0.2) is 4.98 Å². The van der Waals surface area contributed by atoms with Crippen molar-refractivity contribution in [2.24, 2.45) is 5.73 Å². The summed E-state index contributed by atoms with van der Waals surface area (Å²) in [6.45, 7) is 0. The Hall–Kier alpha value is -1.74. The molecule has 2 N–H and O–H groups in total. The van der Waals surface area contributed by atoms with Crippen molar-refractivity contribution in [3.05, 3.63) is 28.5 Å². The van der Waals surface area contributed by atoms with Crippen LogP contribution in [0.2, 0.25) is 5.15 Å². The van der Waals surface area contributed by atoms with Crippen molar-refractivity contribution < 1.29 is 18.0 Å². The van der Waals surface area contributed by atoms with Gasteiger partial charge in [0.1, 0.15) is 5.15 Å². The van der Waals surface area contributed by atoms with Crippen LogP contribution in [0, 0.1) is 11.8 Å². The zero-order chi connectivity index (χ0) is 13.1. The first kappa shape index (κ1) is 13.3. The highest BCUT2D eigenvalue weighted by molar-refractivity contribution is 6.30. The number of nitrogens with zero attached hydrogens (tertiary/aromatic N) is 1. The average Bonchev–Trinajstić information content (AvgIpc) is 2.18. The van der Waals surface area contributed by atoms with E-state index in [0.29, 0.717) is 6.20 Å². The van der Waals surface area contributed by atoms with E-state index in [1.807, 2.05) is 0 Å². The largest absolute Gasteiger partial charge is 0.417 e. The second-order valence-corrected chi connectivity index (χ2v) is 3.36. The molecule has 1 rings (SSSR count). The topological polar surface area (TPSA) is 56.0 Å². The maximum absolute atomic E-state index is 12.3. The smallest absolute Gasteiger partial charge is 0.369 e. The first-order chi connectivity index (χ1) is 7.80. The zero-order valence-corrected chi connectivity index (χ0v) is 9.06. The average molecular weight is 263 g/mol. The summed E-state index contributed by atoms with van der Waals surface area (Å²) in [6.07, 6.45) is -4.16. The minimum absolute atomic E-state index is 0.0947. The van der Waals surface area contributed by atoms with E-state index in [-0.39, 0.29) is 17.1 Å². The quantitative estimate of drug-likeness (QED) is 0.621. The number of primary amides is 1. The summed E-state index contributed by atoms with van der Waals surface area (Å²) < 4.78 is 37.0. The van der Waals surface area contributed by atoms with E-state index >= 15 is 0 Å². The fourth-order valence-corrected chi connectivity index (χ4v) is 1.07. The summed E-state index contributed by atoms with van der Waals surface area (Å²) in [5.41, 5.74) is 3.78. The number of nitrogens with two attached hydrogens (primary N) is 1. The Labute approximate surface area is 99.8 Å². The van der Waals surface area contributed by atoms with Crippen molar-refractivity contribution in [1.82, 2.24) is 4.98 Å². The molecule has 1 aromatic rings. The normalized spacial score (nSPS) is 10.6. The van der Waals surface area contributed by atoms with Crippen LogP contribution >= 0.6 is 11.6 Å². The molecule has 0 saturated heterocycles. The number of carbonyl (C=O) groups excluding carboxylic acids is 1. The van der Waals surface area contributed by atoms with Crippen LogP contribution in [-0.4, -0.2) is 10.9 Å². The van der Waals surface area contributed by atoms with Crippen molar-refractivity contribution in [3.8, 4) is 11.8 Å². The molecule has 7 heteroatoms. The van der Waals surface area contributed by atoms with E-state index in [0.717, 1.165) is 6.07 Å². The Morgan fingerprint density at radius 1 is 1.53 bits per heavy atom. The molecule has 17 heavy (non-hydrogen) atoms. The van der Waals surface area contributed by atoms with Gasteiger partial charge in [0.2, 0.25) is 5.91 Å². The SMILES string of the molecule is NC(=O)CC#Cc1cc(C(F)(F)F)cnc1Cl. The maximum atomic E-state index is 12.3. The van der Waals surface area contributed by atoms with Gasteiger partial charge in [-0.1, -0.05) is 23.4 Å². The molecule has 0 saturated carbocycles. The number of hydrogen-bond donors (Lipinski definition) is 1. The van der Waals surface area contributed by atoms with E-state index in [4.69, 9.17) is 17.3 Å². The van der Waals surface area contributed by atoms with Gasteiger partial charge >= 0.3 is 6.18 Å². The third-order valence-corrected chi connectivity index (χ3v) is 1.95. The molecule has 1 amide bonds. The molecule has 0 fully saturated rings. The van der Waals surface area contributed by atoms with Crippen molar-refractivity contribution in [1.29, 1.82) is 0 Å². The monoisotopic (exact) mass is 262 g/mol. The Morgan fingerprint density at radius 2 is 2.18 bits per heavy atom. The number of amides is 1. The lowest BCUT2D eigenvalue weighted by Gasteiger charge is -2.06. The fraction of sp³-hybridized carbons (Fsp3) is 0.200. The third-order valence-electron chi connectivity index (χ3n) is 1.65. The van der Waals surface area contributed by atoms with E-state index in [2.05, 4.69) is 16.8 Å². The van der Waals surface area contributed by atoms with Crippen LogP contribution < -0.4 is 5.73 Å². The van der Waals surface area contributed by atoms with Gasteiger partial charge in [0.05, 0.1) is 17.5 Å². The van der Waals surface area contributed by atoms with Crippen molar-refractivity contribution in [2.45, 2.75) is 12.6 Å². The Balaban J connectivity index is 3.06. The first-order valence-electron chi connectivity index (χ1n) is 4.30. The zero-order valence-electron chi connectivity index (χ0n) is 8.31. The minimum atomic E-state index is -4.52. The highest BCUT2D eigenvalue weighted by atomic mass is 35.5. The molecule has 0 radical (unpaired) electrons. The summed E-state index contributed by atoms with van der Waals surface area (Å²) >= 11 is 5.56. The van der Waals surface area contributed by atoms with Gasteiger partial charge in [-0.15, -0.1) is 0 Å². The van der Waals surface area contributed by atoms with Gasteiger partial charge in [-0.05, 0) is 6.07 Å². The summed E-state index contributed by atoms with van der Waals surface area (Å²) in [4.78, 5) is 13.8. The number of hydrogen-bond acceptors (Lipinski definition) is 2. The third kappa shape index (κ3) is 3.96. The van der Waals surface area contributed by atoms with Gasteiger partial charge in [0.25, 0.3) is 0 Å². The molecule has 0 aliphatic carbocycles. The summed E-state index contributed by atoms with van der Waals surface area (Å²) in [6, 6.07) is 0.767. The molecule has 1 heterocycles. The Morgan fingerprint density at radius 3 is 2.71 bits per heavy atom. The van der Waals surface area contributed by atoms with Crippen LogP contribution in [0.1, 0.15) is 17.5 Å². The first-order valence-corrected chi connectivity index (χ1v) is 4.68. The molecule has 0 unspecified atom stereocenters. The molecule has 0 aliphatic rings. The molecule has 0 aromatic carbocycles. The highest BCUT2D eigenvalue weighted by Gasteiger charge is 2.31. The Kier molecular flexibility index (Phi) is 3.97. The van der Waals surface area contributed by atoms with Gasteiger partial charge in [-0.3, -0.25) is 4.79 Å². The summed E-state index contributed by atoms with van der Waals surface area (Å²) in [7, 11) is 0. The molecule has 0 atom stereocenters. The number of carbonyl (C=O) groups is 1. The van der Waals surface area contributed by atoms with Crippen LogP contribution in [0.15, 0.2) is 12.3 Å². The number of rotatable bonds is 1. The fourth-order valence-electron chi connectivity index (χ4n) is 0.917. The van der Waals surface area contributed by atoms with Crippen molar-refractivity contribution in [2.75, 3.05) is 0 Å². The van der Waals surface area contributed by atoms with Crippen LogP contribution in [0.4, 0.5) is 13.2 Å². The molecule has 0 spiro atoms. The molecule has 0 bridgehead atoms. The molecule has 0 aliphatic heterocycles. The second-order valence-electron chi connectivity index (χ2n) is 3.00. The van der Waals surface area contributed by atoms with Gasteiger partial charge in [0.15, 0.2) is 0 Å². The van der Waals surface area contributed by atoms with E-state index < -0.39 is 17.6 Å². The maximum Gasteiger partial charge on any atom is 0.417 e. The predicted molar refractivity (Wildman–Crippen MR) is 54.9 cm³/mol. The summed E-state index contributed by atoms with van der Waals surface area (Å²) in [5, 5.41) is -0.157. The molecule has 3 nitrogen and oxygen atoms in total. The second kappa shape index (κ2) is 5.06. The number of alkyl halides is 3. The Bertz CT molecular complexity index is 502. The highest BCUT2D eigenvalue weighted by Crippen LogP contribution is 2.30. The standard InChI is InChI=1S/C10H6ClF3N2O/c11-9-6(2-1-3-8(15)17)4-7(5-16-9)10(12,13)14/h4-5H,3H2,(H2,15,17). The lowest BCUT2D eigenvalue weighted by molar-refractivity contribution is -0.137. The van der Waals surface area contributed by atoms with Crippen LogP contribution in [0.25, 0.3) is 0 Å². The lowest BCUT2D eigenvalue weighted by atomic mass is 10.2.